The van der Waals surface area contributed by atoms with Crippen molar-refractivity contribution in [3.8, 4) is 0 Å². The molecular weight excluding hydrogens is 276 g/mol. The van der Waals surface area contributed by atoms with Gasteiger partial charge in [0.1, 0.15) is 0 Å². The Kier molecular flexibility index (Phi) is 11.1. The maximum atomic E-state index is 5.93. The van der Waals surface area contributed by atoms with Crippen molar-refractivity contribution in [2.24, 2.45) is 4.99 Å². The highest BCUT2D eigenvalue weighted by atomic mass is 16.5. The maximum Gasteiger partial charge on any atom is 0.191 e. The van der Waals surface area contributed by atoms with Crippen LogP contribution in [0.2, 0.25) is 0 Å². The monoisotopic (exact) mass is 312 g/mol. The van der Waals surface area contributed by atoms with Gasteiger partial charge >= 0.3 is 0 Å². The van der Waals surface area contributed by atoms with Gasteiger partial charge in [-0.2, -0.15) is 0 Å². The molecule has 0 atom stereocenters. The summed E-state index contributed by atoms with van der Waals surface area (Å²) in [6.45, 7) is 6.73. The molecule has 0 aromatic rings. The molecule has 0 spiro atoms. The molecule has 0 aliphatic heterocycles. The van der Waals surface area contributed by atoms with Crippen molar-refractivity contribution < 1.29 is 4.74 Å². The summed E-state index contributed by atoms with van der Waals surface area (Å²) in [5, 5.41) is 6.68. The van der Waals surface area contributed by atoms with E-state index in [1.54, 1.807) is 0 Å². The first-order valence-corrected chi connectivity index (χ1v) is 9.01. The number of nitrogens with one attached hydrogen (secondary N) is 2. The van der Waals surface area contributed by atoms with Gasteiger partial charge in [-0.15, -0.1) is 0 Å². The van der Waals surface area contributed by atoms with E-state index in [2.05, 4.69) is 41.5 Å². The molecule has 1 rings (SSSR count). The molecule has 0 amide bonds. The Bertz CT molecular complexity index is 288. The summed E-state index contributed by atoms with van der Waals surface area (Å²) in [6, 6.07) is 0. The van der Waals surface area contributed by atoms with Crippen LogP contribution in [-0.2, 0) is 4.74 Å². The van der Waals surface area contributed by atoms with E-state index >= 15 is 0 Å². The Labute approximate surface area is 136 Å². The minimum Gasteiger partial charge on any atom is -0.378 e. The van der Waals surface area contributed by atoms with Gasteiger partial charge in [0, 0.05) is 26.2 Å². The molecule has 130 valence electrons. The van der Waals surface area contributed by atoms with E-state index in [1.165, 1.54) is 32.1 Å². The van der Waals surface area contributed by atoms with E-state index < -0.39 is 0 Å². The first-order valence-electron chi connectivity index (χ1n) is 9.01. The number of rotatable bonds is 10. The zero-order valence-electron chi connectivity index (χ0n) is 14.9. The van der Waals surface area contributed by atoms with Crippen molar-refractivity contribution in [2.45, 2.75) is 58.0 Å². The van der Waals surface area contributed by atoms with Gasteiger partial charge in [0.05, 0.1) is 6.10 Å². The third kappa shape index (κ3) is 10.0. The minimum atomic E-state index is 0.509. The van der Waals surface area contributed by atoms with Crippen LogP contribution in [0.4, 0.5) is 0 Å². The highest BCUT2D eigenvalue weighted by Crippen LogP contribution is 2.20. The molecule has 0 aromatic heterocycles. The van der Waals surface area contributed by atoms with E-state index in [4.69, 9.17) is 4.74 Å². The van der Waals surface area contributed by atoms with Gasteiger partial charge in [-0.25, -0.2) is 0 Å². The zero-order valence-corrected chi connectivity index (χ0v) is 14.9. The molecule has 0 aromatic carbocycles. The SMILES string of the molecule is CCNC(=NCCCOC1CCCCC1)NCCCN(C)C. The lowest BCUT2D eigenvalue weighted by molar-refractivity contribution is 0.0281. The lowest BCUT2D eigenvalue weighted by atomic mass is 9.98. The second-order valence-electron chi connectivity index (χ2n) is 6.33. The Hall–Kier alpha value is -0.810. The van der Waals surface area contributed by atoms with E-state index in [0.29, 0.717) is 6.10 Å². The molecule has 0 radical (unpaired) electrons. The van der Waals surface area contributed by atoms with Crippen LogP contribution >= 0.6 is 0 Å². The fourth-order valence-electron chi connectivity index (χ4n) is 2.68. The van der Waals surface area contributed by atoms with Crippen molar-refractivity contribution >= 4 is 5.96 Å². The van der Waals surface area contributed by atoms with Crippen molar-refractivity contribution in [1.29, 1.82) is 0 Å². The van der Waals surface area contributed by atoms with Gasteiger partial charge in [-0.3, -0.25) is 4.99 Å². The lowest BCUT2D eigenvalue weighted by Crippen LogP contribution is -2.38. The number of guanidine groups is 1. The summed E-state index contributed by atoms with van der Waals surface area (Å²) in [4.78, 5) is 6.82. The fourth-order valence-corrected chi connectivity index (χ4v) is 2.68. The highest BCUT2D eigenvalue weighted by molar-refractivity contribution is 5.79. The average molecular weight is 313 g/mol. The van der Waals surface area contributed by atoms with Crippen molar-refractivity contribution in [2.75, 3.05) is 46.9 Å². The minimum absolute atomic E-state index is 0.509. The first-order chi connectivity index (χ1) is 10.7. The topological polar surface area (TPSA) is 48.9 Å². The van der Waals surface area contributed by atoms with Crippen LogP contribution in [0.3, 0.4) is 0 Å². The summed E-state index contributed by atoms with van der Waals surface area (Å²) in [5.74, 6) is 0.930. The van der Waals surface area contributed by atoms with Gasteiger partial charge < -0.3 is 20.3 Å². The highest BCUT2D eigenvalue weighted by Gasteiger charge is 2.12. The molecule has 2 N–H and O–H groups in total. The molecule has 5 nitrogen and oxygen atoms in total. The van der Waals surface area contributed by atoms with Gasteiger partial charge in [-0.1, -0.05) is 19.3 Å². The second kappa shape index (κ2) is 12.7. The van der Waals surface area contributed by atoms with E-state index in [-0.39, 0.29) is 0 Å². The van der Waals surface area contributed by atoms with Crippen molar-refractivity contribution in [1.82, 2.24) is 15.5 Å². The molecule has 1 fully saturated rings. The Morgan fingerprint density at radius 3 is 2.59 bits per heavy atom. The number of hydrogen-bond donors (Lipinski definition) is 2. The molecule has 0 unspecified atom stereocenters. The van der Waals surface area contributed by atoms with Gasteiger partial charge in [-0.05, 0) is 53.2 Å². The summed E-state index contributed by atoms with van der Waals surface area (Å²) in [5.41, 5.74) is 0. The normalized spacial score (nSPS) is 17.0. The van der Waals surface area contributed by atoms with Gasteiger partial charge in [0.15, 0.2) is 5.96 Å². The predicted molar refractivity (Wildman–Crippen MR) is 94.6 cm³/mol. The van der Waals surface area contributed by atoms with Crippen LogP contribution in [0.25, 0.3) is 0 Å². The average Bonchev–Trinajstić information content (AvgIpc) is 2.52. The number of nitrogens with zero attached hydrogens (tertiary/aromatic N) is 2. The number of aliphatic imine (C=N–C) groups is 1. The van der Waals surface area contributed by atoms with E-state index in [0.717, 1.165) is 51.6 Å². The summed E-state index contributed by atoms with van der Waals surface area (Å²) >= 11 is 0. The molecular formula is C17H36N4O. The van der Waals surface area contributed by atoms with E-state index in [9.17, 15) is 0 Å². The zero-order chi connectivity index (χ0) is 16.0. The van der Waals surface area contributed by atoms with Crippen LogP contribution in [0.15, 0.2) is 4.99 Å². The second-order valence-corrected chi connectivity index (χ2v) is 6.33. The molecule has 22 heavy (non-hydrogen) atoms. The van der Waals surface area contributed by atoms with Crippen LogP contribution in [0.1, 0.15) is 51.9 Å². The number of hydrogen-bond acceptors (Lipinski definition) is 3. The van der Waals surface area contributed by atoms with Gasteiger partial charge in [0.2, 0.25) is 0 Å². The van der Waals surface area contributed by atoms with Crippen LogP contribution in [0, 0.1) is 0 Å². The standard InChI is InChI=1S/C17H36N4O/c1-4-18-17(19-12-8-14-21(2)3)20-13-9-15-22-16-10-6-5-7-11-16/h16H,4-15H2,1-3H3,(H2,18,19,20). The Balaban J connectivity index is 2.09. The molecule has 0 heterocycles. The quantitative estimate of drug-likeness (QED) is 0.369. The lowest BCUT2D eigenvalue weighted by Gasteiger charge is -2.21. The van der Waals surface area contributed by atoms with Crippen molar-refractivity contribution in [3.05, 3.63) is 0 Å². The summed E-state index contributed by atoms with van der Waals surface area (Å²) in [6.07, 6.45) is 9.20. The fraction of sp³-hybridized carbons (Fsp3) is 0.941. The molecule has 1 aliphatic carbocycles. The summed E-state index contributed by atoms with van der Waals surface area (Å²) < 4.78 is 5.93. The maximum absolute atomic E-state index is 5.93. The van der Waals surface area contributed by atoms with Gasteiger partial charge in [0.25, 0.3) is 0 Å². The van der Waals surface area contributed by atoms with E-state index in [1.807, 2.05) is 0 Å². The van der Waals surface area contributed by atoms with Crippen molar-refractivity contribution in [3.63, 3.8) is 0 Å². The summed E-state index contributed by atoms with van der Waals surface area (Å²) in [7, 11) is 4.21. The molecule has 1 aliphatic rings. The Morgan fingerprint density at radius 2 is 1.91 bits per heavy atom. The molecule has 0 bridgehead atoms. The van der Waals surface area contributed by atoms with Crippen LogP contribution in [-0.4, -0.2) is 63.8 Å². The largest absolute Gasteiger partial charge is 0.378 e. The Morgan fingerprint density at radius 1 is 1.14 bits per heavy atom. The van der Waals surface area contributed by atoms with Crippen LogP contribution in [0.5, 0.6) is 0 Å². The third-order valence-electron chi connectivity index (χ3n) is 3.90. The third-order valence-corrected chi connectivity index (χ3v) is 3.90. The predicted octanol–water partition coefficient (Wildman–Crippen LogP) is 2.23. The molecule has 0 saturated heterocycles. The molecule has 1 saturated carbocycles. The number of ether oxygens (including phenoxy) is 1. The first kappa shape index (κ1) is 19.2. The molecule has 5 heteroatoms. The smallest absolute Gasteiger partial charge is 0.191 e. The van der Waals surface area contributed by atoms with Crippen LogP contribution < -0.4 is 10.6 Å².